The van der Waals surface area contributed by atoms with E-state index in [9.17, 15) is 0 Å². The lowest BCUT2D eigenvalue weighted by atomic mass is 9.84. The molecule has 8 heteroatoms. The van der Waals surface area contributed by atoms with Crippen LogP contribution in [0.15, 0.2) is 78.2 Å². The summed E-state index contributed by atoms with van der Waals surface area (Å²) in [6.07, 6.45) is 6.77. The lowest BCUT2D eigenvalue weighted by Gasteiger charge is -2.26. The molecule has 0 spiro atoms. The third kappa shape index (κ3) is 5.92. The van der Waals surface area contributed by atoms with E-state index in [0.29, 0.717) is 12.4 Å². The first kappa shape index (κ1) is 26.2. The largest absolute Gasteiger partial charge is 0.489 e. The van der Waals surface area contributed by atoms with Crippen LogP contribution in [0, 0.1) is 0 Å². The number of H-pyrrole nitrogens is 1. The predicted molar refractivity (Wildman–Crippen MR) is 161 cm³/mol. The molecule has 5 aromatic rings. The van der Waals surface area contributed by atoms with Crippen molar-refractivity contribution in [2.24, 2.45) is 0 Å². The molecule has 0 unspecified atom stereocenters. The molecule has 7 nitrogen and oxygen atoms in total. The fourth-order valence-corrected chi connectivity index (χ4v) is 6.40. The van der Waals surface area contributed by atoms with Gasteiger partial charge in [-0.15, -0.1) is 16.4 Å². The summed E-state index contributed by atoms with van der Waals surface area (Å²) in [4.78, 5) is 7.23. The molecule has 0 amide bonds. The molecule has 1 aliphatic carbocycles. The highest BCUT2D eigenvalue weighted by atomic mass is 32.1. The number of benzene rings is 3. The van der Waals surface area contributed by atoms with Crippen LogP contribution in [0.2, 0.25) is 0 Å². The quantitative estimate of drug-likeness (QED) is 0.199. The second-order valence-corrected chi connectivity index (χ2v) is 11.5. The van der Waals surface area contributed by atoms with Gasteiger partial charge < -0.3 is 9.64 Å². The van der Waals surface area contributed by atoms with Crippen molar-refractivity contribution in [3.63, 3.8) is 0 Å². The summed E-state index contributed by atoms with van der Waals surface area (Å²) in [5.74, 6) is 2.25. The van der Waals surface area contributed by atoms with Gasteiger partial charge in [0.15, 0.2) is 11.0 Å². The molecule has 2 heterocycles. The molecule has 2 aromatic heterocycles. The SMILES string of the molecule is CC(C)N(c1ccc(-c2nnn[nH]2)cc1)c1nc(-c2ccc(OCc3ccc(C4CCCCC4)cc3)cc2)cs1. The number of tetrazole rings is 1. The first-order valence-corrected chi connectivity index (χ1v) is 14.9. The fraction of sp³-hybridized carbons (Fsp3) is 0.312. The third-order valence-electron chi connectivity index (χ3n) is 7.59. The lowest BCUT2D eigenvalue weighted by molar-refractivity contribution is 0.306. The number of rotatable bonds is 9. The Balaban J connectivity index is 1.09. The van der Waals surface area contributed by atoms with Gasteiger partial charge >= 0.3 is 0 Å². The Morgan fingerprint density at radius 1 is 0.900 bits per heavy atom. The number of aromatic nitrogens is 5. The molecule has 0 bridgehead atoms. The summed E-state index contributed by atoms with van der Waals surface area (Å²) in [6.45, 7) is 4.91. The van der Waals surface area contributed by atoms with Crippen LogP contribution in [-0.4, -0.2) is 31.6 Å². The third-order valence-corrected chi connectivity index (χ3v) is 8.43. The summed E-state index contributed by atoms with van der Waals surface area (Å²) >= 11 is 1.65. The first-order chi connectivity index (χ1) is 19.6. The van der Waals surface area contributed by atoms with Gasteiger partial charge in [0.25, 0.3) is 0 Å². The number of aromatic amines is 1. The van der Waals surface area contributed by atoms with E-state index in [-0.39, 0.29) is 6.04 Å². The minimum atomic E-state index is 0.240. The van der Waals surface area contributed by atoms with Gasteiger partial charge in [0.1, 0.15) is 12.4 Å². The summed E-state index contributed by atoms with van der Waals surface area (Å²) in [7, 11) is 0. The minimum absolute atomic E-state index is 0.240. The topological polar surface area (TPSA) is 79.8 Å². The molecule has 1 aliphatic rings. The number of anilines is 2. The fourth-order valence-electron chi connectivity index (χ4n) is 5.41. The Morgan fingerprint density at radius 3 is 2.30 bits per heavy atom. The maximum atomic E-state index is 6.10. The summed E-state index contributed by atoms with van der Waals surface area (Å²) in [6, 6.07) is 25.7. The Morgan fingerprint density at radius 2 is 1.62 bits per heavy atom. The van der Waals surface area contributed by atoms with E-state index in [2.05, 4.69) is 93.3 Å². The van der Waals surface area contributed by atoms with Crippen molar-refractivity contribution in [3.05, 3.63) is 89.3 Å². The van der Waals surface area contributed by atoms with E-state index in [1.165, 1.54) is 43.2 Å². The van der Waals surface area contributed by atoms with Crippen molar-refractivity contribution in [2.45, 2.75) is 64.5 Å². The predicted octanol–water partition coefficient (Wildman–Crippen LogP) is 8.16. The maximum absolute atomic E-state index is 6.10. The van der Waals surface area contributed by atoms with Crippen molar-refractivity contribution >= 4 is 22.2 Å². The number of hydrogen-bond acceptors (Lipinski definition) is 7. The monoisotopic (exact) mass is 550 g/mol. The maximum Gasteiger partial charge on any atom is 0.190 e. The molecule has 1 fully saturated rings. The zero-order valence-electron chi connectivity index (χ0n) is 23.0. The second kappa shape index (κ2) is 12.0. The van der Waals surface area contributed by atoms with E-state index in [1.807, 2.05) is 24.3 Å². The van der Waals surface area contributed by atoms with Gasteiger partial charge in [0.2, 0.25) is 0 Å². The van der Waals surface area contributed by atoms with Crippen molar-refractivity contribution in [3.8, 4) is 28.4 Å². The average Bonchev–Trinajstić information content (AvgIpc) is 3.71. The Hall–Kier alpha value is -4.04. The highest BCUT2D eigenvalue weighted by molar-refractivity contribution is 7.14. The van der Waals surface area contributed by atoms with Gasteiger partial charge in [-0.1, -0.05) is 43.5 Å². The Labute approximate surface area is 239 Å². The van der Waals surface area contributed by atoms with Crippen molar-refractivity contribution in [1.29, 1.82) is 0 Å². The standard InChI is InChI=1S/C32H34N6OS/c1-22(2)38(28-16-12-27(13-17-28)31-34-36-37-35-31)32-33-30(21-40-32)26-14-18-29(19-15-26)39-20-23-8-10-25(11-9-23)24-6-4-3-5-7-24/h8-19,21-22,24H,3-7,20H2,1-2H3,(H,34,35,36,37). The molecule has 204 valence electrons. The molecule has 0 radical (unpaired) electrons. The molecule has 0 atom stereocenters. The van der Waals surface area contributed by atoms with Crippen LogP contribution < -0.4 is 9.64 Å². The van der Waals surface area contributed by atoms with Crippen LogP contribution >= 0.6 is 11.3 Å². The number of hydrogen-bond donors (Lipinski definition) is 1. The number of nitrogens with one attached hydrogen (secondary N) is 1. The van der Waals surface area contributed by atoms with E-state index >= 15 is 0 Å². The van der Waals surface area contributed by atoms with Gasteiger partial charge in [-0.25, -0.2) is 10.1 Å². The molecule has 6 rings (SSSR count). The molecular formula is C32H34N6OS. The smallest absolute Gasteiger partial charge is 0.190 e. The van der Waals surface area contributed by atoms with Gasteiger partial charge in [0, 0.05) is 28.2 Å². The summed E-state index contributed by atoms with van der Waals surface area (Å²) < 4.78 is 6.10. The molecular weight excluding hydrogens is 516 g/mol. The summed E-state index contributed by atoms with van der Waals surface area (Å²) in [5, 5.41) is 17.2. The zero-order valence-corrected chi connectivity index (χ0v) is 23.8. The average molecular weight is 551 g/mol. The van der Waals surface area contributed by atoms with Crippen molar-refractivity contribution in [1.82, 2.24) is 25.6 Å². The number of thiazole rings is 1. The van der Waals surface area contributed by atoms with Crippen LogP contribution in [0.1, 0.15) is 63.0 Å². The van der Waals surface area contributed by atoms with Gasteiger partial charge in [-0.3, -0.25) is 0 Å². The lowest BCUT2D eigenvalue weighted by Crippen LogP contribution is -2.25. The van der Waals surface area contributed by atoms with E-state index in [1.54, 1.807) is 11.3 Å². The summed E-state index contributed by atoms with van der Waals surface area (Å²) in [5.41, 5.74) is 6.72. The van der Waals surface area contributed by atoms with Crippen LogP contribution in [0.4, 0.5) is 10.8 Å². The normalized spacial score (nSPS) is 14.0. The highest BCUT2D eigenvalue weighted by Crippen LogP contribution is 2.35. The number of ether oxygens (including phenoxy) is 1. The van der Waals surface area contributed by atoms with E-state index in [4.69, 9.17) is 9.72 Å². The molecule has 1 saturated carbocycles. The van der Waals surface area contributed by atoms with Gasteiger partial charge in [-0.05, 0) is 103 Å². The Bertz CT molecular complexity index is 1490. The van der Waals surface area contributed by atoms with Crippen molar-refractivity contribution < 1.29 is 4.74 Å². The van der Waals surface area contributed by atoms with Crippen LogP contribution in [-0.2, 0) is 6.61 Å². The molecule has 1 N–H and O–H groups in total. The van der Waals surface area contributed by atoms with Gasteiger partial charge in [0.05, 0.1) is 5.69 Å². The van der Waals surface area contributed by atoms with Crippen LogP contribution in [0.3, 0.4) is 0 Å². The van der Waals surface area contributed by atoms with Crippen molar-refractivity contribution in [2.75, 3.05) is 4.90 Å². The first-order valence-electron chi connectivity index (χ1n) is 14.0. The number of nitrogens with zero attached hydrogens (tertiary/aromatic N) is 5. The second-order valence-electron chi connectivity index (χ2n) is 10.7. The Kier molecular flexibility index (Phi) is 7.86. The minimum Gasteiger partial charge on any atom is -0.489 e. The molecule has 40 heavy (non-hydrogen) atoms. The molecule has 3 aromatic carbocycles. The zero-order chi connectivity index (χ0) is 27.3. The highest BCUT2D eigenvalue weighted by Gasteiger charge is 2.18. The van der Waals surface area contributed by atoms with Crippen LogP contribution in [0.5, 0.6) is 5.75 Å². The van der Waals surface area contributed by atoms with Gasteiger partial charge in [-0.2, -0.15) is 0 Å². The molecule has 0 saturated heterocycles. The van der Waals surface area contributed by atoms with E-state index < -0.39 is 0 Å². The van der Waals surface area contributed by atoms with Crippen LogP contribution in [0.25, 0.3) is 22.6 Å². The van der Waals surface area contributed by atoms with E-state index in [0.717, 1.165) is 39.3 Å². The molecule has 0 aliphatic heterocycles.